The van der Waals surface area contributed by atoms with Gasteiger partial charge in [0.15, 0.2) is 4.73 Å². The highest BCUT2D eigenvalue weighted by Crippen LogP contribution is 2.18. The molecule has 0 radical (unpaired) electrons. The van der Waals surface area contributed by atoms with Crippen LogP contribution in [-0.4, -0.2) is 9.55 Å². The molecule has 0 N–H and O–H groups in total. The highest BCUT2D eigenvalue weighted by atomic mass is 79.9. The number of halogens is 2. The van der Waals surface area contributed by atoms with E-state index in [1.807, 2.05) is 10.8 Å². The smallest absolute Gasteiger partial charge is 0.177 e. The SMILES string of the molecule is CC(C)n1cc(COc2ccc(F)cc2)nc1Br. The average molecular weight is 313 g/mol. The molecule has 2 rings (SSSR count). The molecular weight excluding hydrogens is 299 g/mol. The molecule has 0 amide bonds. The van der Waals surface area contributed by atoms with Gasteiger partial charge < -0.3 is 9.30 Å². The quantitative estimate of drug-likeness (QED) is 0.855. The lowest BCUT2D eigenvalue weighted by Gasteiger charge is -2.06. The highest BCUT2D eigenvalue weighted by Gasteiger charge is 2.08. The number of nitrogens with zero attached hydrogens (tertiary/aromatic N) is 2. The van der Waals surface area contributed by atoms with Crippen LogP contribution in [0.15, 0.2) is 35.2 Å². The molecule has 18 heavy (non-hydrogen) atoms. The largest absolute Gasteiger partial charge is 0.487 e. The summed E-state index contributed by atoms with van der Waals surface area (Å²) < 4.78 is 21.1. The molecule has 0 aliphatic rings. The van der Waals surface area contributed by atoms with Crippen LogP contribution in [0, 0.1) is 5.82 Å². The van der Waals surface area contributed by atoms with E-state index in [4.69, 9.17) is 4.74 Å². The zero-order chi connectivity index (χ0) is 13.1. The maximum absolute atomic E-state index is 12.7. The molecule has 1 aromatic carbocycles. The second kappa shape index (κ2) is 5.52. The minimum absolute atomic E-state index is 0.269. The second-order valence-corrected chi connectivity index (χ2v) is 4.95. The number of benzene rings is 1. The first-order valence-corrected chi connectivity index (χ1v) is 6.47. The number of imidazole rings is 1. The van der Waals surface area contributed by atoms with E-state index in [1.165, 1.54) is 12.1 Å². The van der Waals surface area contributed by atoms with Crippen LogP contribution in [0.5, 0.6) is 5.75 Å². The van der Waals surface area contributed by atoms with Crippen molar-refractivity contribution in [3.05, 3.63) is 46.7 Å². The van der Waals surface area contributed by atoms with Crippen molar-refractivity contribution in [1.82, 2.24) is 9.55 Å². The molecule has 0 spiro atoms. The number of hydrogen-bond donors (Lipinski definition) is 0. The lowest BCUT2D eigenvalue weighted by molar-refractivity contribution is 0.301. The average Bonchev–Trinajstić information content (AvgIpc) is 2.70. The Balaban J connectivity index is 2.02. The zero-order valence-electron chi connectivity index (χ0n) is 10.2. The summed E-state index contributed by atoms with van der Waals surface area (Å²) in [6.07, 6.45) is 1.94. The zero-order valence-corrected chi connectivity index (χ0v) is 11.8. The molecule has 96 valence electrons. The molecule has 0 saturated carbocycles. The van der Waals surface area contributed by atoms with Gasteiger partial charge in [0.05, 0.1) is 5.69 Å². The molecule has 0 fully saturated rings. The van der Waals surface area contributed by atoms with Gasteiger partial charge in [-0.3, -0.25) is 0 Å². The van der Waals surface area contributed by atoms with Gasteiger partial charge in [0.25, 0.3) is 0 Å². The summed E-state index contributed by atoms with van der Waals surface area (Å²) in [5.41, 5.74) is 0.833. The topological polar surface area (TPSA) is 27.1 Å². The summed E-state index contributed by atoms with van der Waals surface area (Å²) in [5.74, 6) is 0.362. The third-order valence-corrected chi connectivity index (χ3v) is 3.08. The number of hydrogen-bond acceptors (Lipinski definition) is 2. The van der Waals surface area contributed by atoms with Gasteiger partial charge in [-0.15, -0.1) is 0 Å². The first-order valence-electron chi connectivity index (χ1n) is 5.68. The lowest BCUT2D eigenvalue weighted by atomic mass is 10.3. The molecule has 1 heterocycles. The Morgan fingerprint density at radius 1 is 1.33 bits per heavy atom. The number of ether oxygens (including phenoxy) is 1. The molecule has 0 unspecified atom stereocenters. The molecule has 0 saturated heterocycles. The standard InChI is InChI=1S/C13H14BrFN2O/c1-9(2)17-7-11(16-13(17)14)8-18-12-5-3-10(15)4-6-12/h3-7,9H,8H2,1-2H3. The fourth-order valence-electron chi connectivity index (χ4n) is 1.54. The van der Waals surface area contributed by atoms with Gasteiger partial charge in [0.2, 0.25) is 0 Å². The van der Waals surface area contributed by atoms with Crippen molar-refractivity contribution in [2.75, 3.05) is 0 Å². The predicted molar refractivity (Wildman–Crippen MR) is 71.0 cm³/mol. The first-order chi connectivity index (χ1) is 8.56. The summed E-state index contributed by atoms with van der Waals surface area (Å²) in [7, 11) is 0. The summed E-state index contributed by atoms with van der Waals surface area (Å²) in [6, 6.07) is 6.29. The van der Waals surface area contributed by atoms with Gasteiger partial charge in [-0.25, -0.2) is 9.37 Å². The summed E-state index contributed by atoms with van der Waals surface area (Å²) in [6.45, 7) is 4.53. The normalized spacial score (nSPS) is 10.9. The van der Waals surface area contributed by atoms with Crippen LogP contribution in [0.25, 0.3) is 0 Å². The number of rotatable bonds is 4. The van der Waals surface area contributed by atoms with Crippen LogP contribution in [0.4, 0.5) is 4.39 Å². The lowest BCUT2D eigenvalue weighted by Crippen LogP contribution is -1.99. The van der Waals surface area contributed by atoms with Gasteiger partial charge >= 0.3 is 0 Å². The predicted octanol–water partition coefficient (Wildman–Crippen LogP) is 3.94. The molecule has 0 bridgehead atoms. The van der Waals surface area contributed by atoms with Crippen molar-refractivity contribution in [3.63, 3.8) is 0 Å². The van der Waals surface area contributed by atoms with Crippen LogP contribution in [0.1, 0.15) is 25.6 Å². The highest BCUT2D eigenvalue weighted by molar-refractivity contribution is 9.10. The van der Waals surface area contributed by atoms with E-state index >= 15 is 0 Å². The van der Waals surface area contributed by atoms with Crippen molar-refractivity contribution >= 4 is 15.9 Å². The Labute approximate surface area is 114 Å². The van der Waals surface area contributed by atoms with Crippen molar-refractivity contribution in [1.29, 1.82) is 0 Å². The minimum Gasteiger partial charge on any atom is -0.487 e. The molecule has 5 heteroatoms. The molecular formula is C13H14BrFN2O. The molecule has 0 atom stereocenters. The van der Waals surface area contributed by atoms with E-state index < -0.39 is 0 Å². The van der Waals surface area contributed by atoms with Crippen molar-refractivity contribution in [3.8, 4) is 5.75 Å². The maximum atomic E-state index is 12.7. The fourth-order valence-corrected chi connectivity index (χ4v) is 2.28. The van der Waals surface area contributed by atoms with Crippen LogP contribution in [0.3, 0.4) is 0 Å². The monoisotopic (exact) mass is 312 g/mol. The third-order valence-electron chi connectivity index (χ3n) is 2.49. The Hall–Kier alpha value is -1.36. The van der Waals surface area contributed by atoms with Crippen LogP contribution in [0.2, 0.25) is 0 Å². The van der Waals surface area contributed by atoms with Crippen LogP contribution < -0.4 is 4.74 Å². The fraction of sp³-hybridized carbons (Fsp3) is 0.308. The van der Waals surface area contributed by atoms with E-state index in [1.54, 1.807) is 12.1 Å². The Bertz CT molecular complexity index is 522. The molecule has 3 nitrogen and oxygen atoms in total. The van der Waals surface area contributed by atoms with Crippen molar-refractivity contribution < 1.29 is 9.13 Å². The Kier molecular flexibility index (Phi) is 4.01. The Morgan fingerprint density at radius 3 is 2.56 bits per heavy atom. The molecule has 0 aliphatic carbocycles. The minimum atomic E-state index is -0.269. The Morgan fingerprint density at radius 2 is 2.00 bits per heavy atom. The first kappa shape index (κ1) is 13.1. The molecule has 2 aromatic rings. The van der Waals surface area contributed by atoms with E-state index in [-0.39, 0.29) is 5.82 Å². The van der Waals surface area contributed by atoms with E-state index in [0.29, 0.717) is 18.4 Å². The summed E-state index contributed by atoms with van der Waals surface area (Å²) >= 11 is 3.40. The summed E-state index contributed by atoms with van der Waals surface area (Å²) in [4.78, 5) is 4.35. The van der Waals surface area contributed by atoms with Crippen LogP contribution >= 0.6 is 15.9 Å². The van der Waals surface area contributed by atoms with Gasteiger partial charge in [-0.2, -0.15) is 0 Å². The summed E-state index contributed by atoms with van der Waals surface area (Å²) in [5, 5.41) is 0. The number of aromatic nitrogens is 2. The van der Waals surface area contributed by atoms with Gasteiger partial charge in [0.1, 0.15) is 18.2 Å². The van der Waals surface area contributed by atoms with Crippen LogP contribution in [-0.2, 0) is 6.61 Å². The van der Waals surface area contributed by atoms with E-state index in [2.05, 4.69) is 34.8 Å². The molecule has 0 aliphatic heterocycles. The third kappa shape index (κ3) is 3.10. The maximum Gasteiger partial charge on any atom is 0.177 e. The van der Waals surface area contributed by atoms with Gasteiger partial charge in [0, 0.05) is 12.2 Å². The second-order valence-electron chi connectivity index (χ2n) is 4.24. The van der Waals surface area contributed by atoms with E-state index in [0.717, 1.165) is 10.4 Å². The molecule has 1 aromatic heterocycles. The van der Waals surface area contributed by atoms with Gasteiger partial charge in [-0.05, 0) is 54.0 Å². The van der Waals surface area contributed by atoms with Crippen molar-refractivity contribution in [2.45, 2.75) is 26.5 Å². The van der Waals surface area contributed by atoms with Gasteiger partial charge in [-0.1, -0.05) is 0 Å². The van der Waals surface area contributed by atoms with Crippen molar-refractivity contribution in [2.24, 2.45) is 0 Å². The van der Waals surface area contributed by atoms with E-state index in [9.17, 15) is 4.39 Å².